The molecule has 1 aliphatic heterocycles. The summed E-state index contributed by atoms with van der Waals surface area (Å²) < 4.78 is 5.43. The van der Waals surface area contributed by atoms with Crippen LogP contribution in [0.15, 0.2) is 36.5 Å². The van der Waals surface area contributed by atoms with Gasteiger partial charge in [0.05, 0.1) is 24.2 Å². The molecule has 6 nitrogen and oxygen atoms in total. The second kappa shape index (κ2) is 5.38. The van der Waals surface area contributed by atoms with E-state index in [2.05, 4.69) is 4.98 Å². The van der Waals surface area contributed by atoms with Gasteiger partial charge in [-0.05, 0) is 19.1 Å². The minimum absolute atomic E-state index is 0.147. The molecular weight excluding hydrogens is 282 g/mol. The lowest BCUT2D eigenvalue weighted by Gasteiger charge is -2.38. The van der Waals surface area contributed by atoms with Crippen molar-refractivity contribution < 1.29 is 14.3 Å². The molecule has 2 aromatic rings. The number of amides is 2. The summed E-state index contributed by atoms with van der Waals surface area (Å²) in [5.74, 6) is -0.740. The second-order valence-electron chi connectivity index (χ2n) is 5.59. The van der Waals surface area contributed by atoms with Gasteiger partial charge in [-0.2, -0.15) is 0 Å². The molecule has 2 N–H and O–H groups in total. The number of ether oxygens (including phenoxy) is 1. The number of aromatic nitrogens is 1. The van der Waals surface area contributed by atoms with Crippen molar-refractivity contribution in [2.45, 2.75) is 12.5 Å². The maximum absolute atomic E-state index is 12.6. The van der Waals surface area contributed by atoms with Crippen LogP contribution < -0.4 is 5.73 Å². The number of nitrogens with zero attached hydrogens (tertiary/aromatic N) is 2. The SMILES string of the molecule is CC1(C(N)=O)CN(C(=O)c2cnc3ccccc3c2)CCO1. The minimum Gasteiger partial charge on any atom is -0.367 e. The molecule has 0 spiro atoms. The monoisotopic (exact) mass is 299 g/mol. The topological polar surface area (TPSA) is 85.5 Å². The number of hydrogen-bond acceptors (Lipinski definition) is 4. The normalized spacial score (nSPS) is 21.8. The van der Waals surface area contributed by atoms with Crippen LogP contribution in [-0.2, 0) is 9.53 Å². The van der Waals surface area contributed by atoms with E-state index < -0.39 is 11.5 Å². The summed E-state index contributed by atoms with van der Waals surface area (Å²) in [4.78, 5) is 30.0. The third-order valence-corrected chi connectivity index (χ3v) is 3.92. The van der Waals surface area contributed by atoms with Crippen molar-refractivity contribution in [3.05, 3.63) is 42.1 Å². The quantitative estimate of drug-likeness (QED) is 0.894. The molecule has 1 fully saturated rings. The Kier molecular flexibility index (Phi) is 3.54. The van der Waals surface area contributed by atoms with Gasteiger partial charge in [0.1, 0.15) is 0 Å². The van der Waals surface area contributed by atoms with Gasteiger partial charge < -0.3 is 15.4 Å². The van der Waals surface area contributed by atoms with Gasteiger partial charge in [-0.1, -0.05) is 18.2 Å². The summed E-state index contributed by atoms with van der Waals surface area (Å²) in [5, 5.41) is 0.902. The molecule has 1 saturated heterocycles. The average molecular weight is 299 g/mol. The molecule has 1 aliphatic rings. The maximum Gasteiger partial charge on any atom is 0.255 e. The van der Waals surface area contributed by atoms with Crippen LogP contribution in [0.4, 0.5) is 0 Å². The van der Waals surface area contributed by atoms with E-state index in [1.165, 1.54) is 0 Å². The highest BCUT2D eigenvalue weighted by atomic mass is 16.5. The number of carbonyl (C=O) groups excluding carboxylic acids is 2. The molecule has 2 amide bonds. The molecule has 1 aromatic carbocycles. The summed E-state index contributed by atoms with van der Waals surface area (Å²) in [7, 11) is 0. The summed E-state index contributed by atoms with van der Waals surface area (Å²) in [6.07, 6.45) is 1.56. The highest BCUT2D eigenvalue weighted by molar-refractivity contribution is 5.98. The third-order valence-electron chi connectivity index (χ3n) is 3.92. The summed E-state index contributed by atoms with van der Waals surface area (Å²) in [6.45, 7) is 2.46. The molecule has 3 rings (SSSR count). The fraction of sp³-hybridized carbons (Fsp3) is 0.312. The Labute approximate surface area is 127 Å². The van der Waals surface area contributed by atoms with Gasteiger partial charge in [-0.15, -0.1) is 0 Å². The zero-order chi connectivity index (χ0) is 15.7. The Morgan fingerprint density at radius 1 is 1.36 bits per heavy atom. The lowest BCUT2D eigenvalue weighted by atomic mass is 10.0. The fourth-order valence-corrected chi connectivity index (χ4v) is 2.56. The van der Waals surface area contributed by atoms with Crippen molar-refractivity contribution in [2.24, 2.45) is 5.73 Å². The Morgan fingerprint density at radius 3 is 2.91 bits per heavy atom. The van der Waals surface area contributed by atoms with Crippen LogP contribution in [0.2, 0.25) is 0 Å². The summed E-state index contributed by atoms with van der Waals surface area (Å²) in [5.41, 5.74) is 5.55. The van der Waals surface area contributed by atoms with Crippen LogP contribution in [0.3, 0.4) is 0 Å². The van der Waals surface area contributed by atoms with E-state index in [0.29, 0.717) is 12.1 Å². The average Bonchev–Trinajstić information content (AvgIpc) is 2.53. The first-order valence-electron chi connectivity index (χ1n) is 7.07. The first-order valence-corrected chi connectivity index (χ1v) is 7.07. The molecule has 0 radical (unpaired) electrons. The molecule has 0 saturated carbocycles. The van der Waals surface area contributed by atoms with Gasteiger partial charge in [0.2, 0.25) is 0 Å². The number of para-hydroxylation sites is 1. The van der Waals surface area contributed by atoms with Crippen molar-refractivity contribution in [1.82, 2.24) is 9.88 Å². The standard InChI is InChI=1S/C16H17N3O3/c1-16(15(17)21)10-19(6-7-22-16)14(20)12-8-11-4-2-3-5-13(11)18-9-12/h2-5,8-9H,6-7,10H2,1H3,(H2,17,21). The predicted octanol–water partition coefficient (Wildman–Crippen LogP) is 0.951. The predicted molar refractivity (Wildman–Crippen MR) is 81.2 cm³/mol. The highest BCUT2D eigenvalue weighted by Gasteiger charge is 2.39. The van der Waals surface area contributed by atoms with Gasteiger partial charge in [-0.25, -0.2) is 0 Å². The van der Waals surface area contributed by atoms with Gasteiger partial charge in [-0.3, -0.25) is 14.6 Å². The molecular formula is C16H17N3O3. The van der Waals surface area contributed by atoms with Crippen molar-refractivity contribution in [3.63, 3.8) is 0 Å². The van der Waals surface area contributed by atoms with Crippen LogP contribution in [0.25, 0.3) is 10.9 Å². The van der Waals surface area contributed by atoms with Crippen molar-refractivity contribution in [3.8, 4) is 0 Å². The fourth-order valence-electron chi connectivity index (χ4n) is 2.56. The van der Waals surface area contributed by atoms with Gasteiger partial charge in [0, 0.05) is 18.1 Å². The van der Waals surface area contributed by atoms with Gasteiger partial charge in [0.25, 0.3) is 11.8 Å². The number of rotatable bonds is 2. The Hall–Kier alpha value is -2.47. The van der Waals surface area contributed by atoms with Crippen molar-refractivity contribution in [2.75, 3.05) is 19.7 Å². The summed E-state index contributed by atoms with van der Waals surface area (Å²) in [6, 6.07) is 9.41. The summed E-state index contributed by atoms with van der Waals surface area (Å²) >= 11 is 0. The lowest BCUT2D eigenvalue weighted by Crippen LogP contribution is -2.58. The molecule has 0 bridgehead atoms. The van der Waals surface area contributed by atoms with Crippen LogP contribution in [0.5, 0.6) is 0 Å². The Balaban J connectivity index is 1.87. The van der Waals surface area contributed by atoms with E-state index in [1.54, 1.807) is 18.0 Å². The Morgan fingerprint density at radius 2 is 2.14 bits per heavy atom. The van der Waals surface area contributed by atoms with E-state index in [1.807, 2.05) is 30.3 Å². The highest BCUT2D eigenvalue weighted by Crippen LogP contribution is 2.20. The molecule has 2 heterocycles. The van der Waals surface area contributed by atoms with E-state index in [4.69, 9.17) is 10.5 Å². The Bertz CT molecular complexity index is 746. The number of carbonyl (C=O) groups is 2. The number of primary amides is 1. The molecule has 1 aromatic heterocycles. The molecule has 114 valence electrons. The number of benzene rings is 1. The van der Waals surface area contributed by atoms with Crippen LogP contribution >= 0.6 is 0 Å². The number of nitrogens with two attached hydrogens (primary N) is 1. The van der Waals surface area contributed by atoms with Crippen LogP contribution in [0, 0.1) is 0 Å². The number of morpholine rings is 1. The van der Waals surface area contributed by atoms with E-state index in [9.17, 15) is 9.59 Å². The zero-order valence-corrected chi connectivity index (χ0v) is 12.3. The van der Waals surface area contributed by atoms with E-state index in [0.717, 1.165) is 10.9 Å². The number of pyridine rings is 1. The molecule has 6 heteroatoms. The van der Waals surface area contributed by atoms with Crippen LogP contribution in [0.1, 0.15) is 17.3 Å². The van der Waals surface area contributed by atoms with Gasteiger partial charge >= 0.3 is 0 Å². The smallest absolute Gasteiger partial charge is 0.255 e. The lowest BCUT2D eigenvalue weighted by molar-refractivity contribution is -0.150. The molecule has 1 atom stereocenters. The van der Waals surface area contributed by atoms with E-state index >= 15 is 0 Å². The maximum atomic E-state index is 12.6. The zero-order valence-electron chi connectivity index (χ0n) is 12.3. The number of fused-ring (bicyclic) bond motifs is 1. The van der Waals surface area contributed by atoms with Gasteiger partial charge in [0.15, 0.2) is 5.60 Å². The second-order valence-corrected chi connectivity index (χ2v) is 5.59. The first kappa shape index (κ1) is 14.5. The first-order chi connectivity index (χ1) is 10.5. The largest absolute Gasteiger partial charge is 0.367 e. The molecule has 0 aliphatic carbocycles. The number of hydrogen-bond donors (Lipinski definition) is 1. The molecule has 1 unspecified atom stereocenters. The molecule has 22 heavy (non-hydrogen) atoms. The van der Waals surface area contributed by atoms with Crippen LogP contribution in [-0.4, -0.2) is 47.0 Å². The van der Waals surface area contributed by atoms with Crippen molar-refractivity contribution >= 4 is 22.7 Å². The third kappa shape index (κ3) is 2.53. The van der Waals surface area contributed by atoms with Crippen molar-refractivity contribution in [1.29, 1.82) is 0 Å². The minimum atomic E-state index is -1.14. The van der Waals surface area contributed by atoms with E-state index in [-0.39, 0.29) is 19.1 Å².